The van der Waals surface area contributed by atoms with Crippen LogP contribution < -0.4 is 11.5 Å². The zero-order valence-corrected chi connectivity index (χ0v) is 15.0. The molecule has 1 atom stereocenters. The lowest BCUT2D eigenvalue weighted by atomic mass is 9.61. The van der Waals surface area contributed by atoms with Gasteiger partial charge in [-0.1, -0.05) is 62.3 Å². The molecule has 4 nitrogen and oxygen atoms in total. The van der Waals surface area contributed by atoms with Crippen molar-refractivity contribution in [1.82, 2.24) is 0 Å². The van der Waals surface area contributed by atoms with E-state index in [1.54, 1.807) is 0 Å². The van der Waals surface area contributed by atoms with E-state index in [-0.39, 0.29) is 35.5 Å². The molecule has 0 aromatic heterocycles. The van der Waals surface area contributed by atoms with Crippen molar-refractivity contribution in [3.05, 3.63) is 0 Å². The highest BCUT2D eigenvalue weighted by Crippen LogP contribution is 2.41. The third kappa shape index (κ3) is 6.08. The average molecular weight is 290 g/mol. The molecular weight excluding hydrogens is 252 g/mol. The third-order valence-corrected chi connectivity index (χ3v) is 4.24. The van der Waals surface area contributed by atoms with E-state index in [0.29, 0.717) is 0 Å². The molecule has 0 aliphatic carbocycles. The highest BCUT2D eigenvalue weighted by Gasteiger charge is 2.46. The van der Waals surface area contributed by atoms with Gasteiger partial charge in [0.05, 0.1) is 13.2 Å². The Morgan fingerprint density at radius 1 is 0.800 bits per heavy atom. The van der Waals surface area contributed by atoms with Gasteiger partial charge in [0, 0.05) is 11.6 Å². The molecule has 0 saturated carbocycles. The molecule has 0 rings (SSSR count). The lowest BCUT2D eigenvalue weighted by molar-refractivity contribution is 0.00606. The van der Waals surface area contributed by atoms with Gasteiger partial charge in [-0.25, -0.2) is 0 Å². The van der Waals surface area contributed by atoms with Crippen molar-refractivity contribution in [1.29, 1.82) is 0 Å². The van der Waals surface area contributed by atoms with Crippen LogP contribution in [0.1, 0.15) is 62.3 Å². The molecular formula is C16H38N2O2. The second-order valence-electron chi connectivity index (χ2n) is 8.78. The first-order chi connectivity index (χ1) is 8.54. The van der Waals surface area contributed by atoms with Gasteiger partial charge < -0.3 is 21.7 Å². The van der Waals surface area contributed by atoms with Gasteiger partial charge in [-0.2, -0.15) is 0 Å². The van der Waals surface area contributed by atoms with E-state index in [9.17, 15) is 5.11 Å². The molecule has 4 heteroatoms. The highest BCUT2D eigenvalue weighted by atomic mass is 16.3. The maximum absolute atomic E-state index is 9.33. The third-order valence-electron chi connectivity index (χ3n) is 4.24. The van der Waals surface area contributed by atoms with E-state index in [1.165, 1.54) is 0 Å². The summed E-state index contributed by atoms with van der Waals surface area (Å²) in [4.78, 5) is 0. The van der Waals surface area contributed by atoms with Crippen LogP contribution in [0.3, 0.4) is 0 Å². The standard InChI is InChI=1S/C10H23NO.C6H15NO/c1-8(2,3)10(11,7-12)9(4,5)6;1-6(2,3)5(7)4-8/h12H,7,11H2,1-6H3;5,8H,4,7H2,1-3H3. The maximum Gasteiger partial charge on any atom is 0.0621 e. The van der Waals surface area contributed by atoms with Crippen LogP contribution >= 0.6 is 0 Å². The van der Waals surface area contributed by atoms with Crippen LogP contribution in [0.4, 0.5) is 0 Å². The summed E-state index contributed by atoms with van der Waals surface area (Å²) in [7, 11) is 0. The van der Waals surface area contributed by atoms with Crippen molar-refractivity contribution >= 4 is 0 Å². The summed E-state index contributed by atoms with van der Waals surface area (Å²) in [5, 5.41) is 17.9. The Labute approximate surface area is 125 Å². The Morgan fingerprint density at radius 2 is 1.10 bits per heavy atom. The first kappa shape index (κ1) is 22.1. The zero-order valence-electron chi connectivity index (χ0n) is 15.0. The Kier molecular flexibility index (Phi) is 7.98. The molecule has 0 radical (unpaired) electrons. The summed E-state index contributed by atoms with van der Waals surface area (Å²) in [6.07, 6.45) is 0. The van der Waals surface area contributed by atoms with Crippen molar-refractivity contribution < 1.29 is 10.2 Å². The molecule has 20 heavy (non-hydrogen) atoms. The van der Waals surface area contributed by atoms with Gasteiger partial charge >= 0.3 is 0 Å². The molecule has 0 bridgehead atoms. The Morgan fingerprint density at radius 3 is 1.10 bits per heavy atom. The van der Waals surface area contributed by atoms with E-state index < -0.39 is 5.54 Å². The van der Waals surface area contributed by atoms with Crippen molar-refractivity contribution in [2.75, 3.05) is 13.2 Å². The van der Waals surface area contributed by atoms with E-state index in [4.69, 9.17) is 16.6 Å². The predicted molar refractivity (Wildman–Crippen MR) is 87.4 cm³/mol. The number of hydrogen-bond donors (Lipinski definition) is 4. The molecule has 0 fully saturated rings. The second-order valence-corrected chi connectivity index (χ2v) is 8.78. The Balaban J connectivity index is 0. The zero-order chi connectivity index (χ0) is 17.0. The first-order valence-electron chi connectivity index (χ1n) is 7.30. The molecule has 0 aliphatic rings. The van der Waals surface area contributed by atoms with Crippen molar-refractivity contribution in [3.63, 3.8) is 0 Å². The average Bonchev–Trinajstić information content (AvgIpc) is 2.23. The fraction of sp³-hybridized carbons (Fsp3) is 1.00. The van der Waals surface area contributed by atoms with Crippen LogP contribution in [0.2, 0.25) is 0 Å². The van der Waals surface area contributed by atoms with Gasteiger partial charge in [0.15, 0.2) is 0 Å². The van der Waals surface area contributed by atoms with Gasteiger partial charge in [0.2, 0.25) is 0 Å². The van der Waals surface area contributed by atoms with E-state index in [0.717, 1.165) is 0 Å². The summed E-state index contributed by atoms with van der Waals surface area (Å²) < 4.78 is 0. The second kappa shape index (κ2) is 7.21. The molecule has 6 N–H and O–H groups in total. The van der Waals surface area contributed by atoms with Crippen LogP contribution in [0, 0.1) is 16.2 Å². The van der Waals surface area contributed by atoms with Crippen molar-refractivity contribution in [2.24, 2.45) is 27.7 Å². The monoisotopic (exact) mass is 290 g/mol. The van der Waals surface area contributed by atoms with Gasteiger partial charge in [-0.15, -0.1) is 0 Å². The SMILES string of the molecule is CC(C)(C)C(N)(CO)C(C)(C)C.CC(C)(C)C(N)CO. The maximum atomic E-state index is 9.33. The predicted octanol–water partition coefficient (Wildman–Crippen LogP) is 2.12. The Hall–Kier alpha value is -0.160. The largest absolute Gasteiger partial charge is 0.395 e. The fourth-order valence-electron chi connectivity index (χ4n) is 1.87. The summed E-state index contributed by atoms with van der Waals surface area (Å²) in [6, 6.07) is -0.0949. The van der Waals surface area contributed by atoms with Gasteiger partial charge in [0.25, 0.3) is 0 Å². The molecule has 0 aromatic carbocycles. The fourth-order valence-corrected chi connectivity index (χ4v) is 1.87. The molecule has 0 aliphatic heterocycles. The lowest BCUT2D eigenvalue weighted by Crippen LogP contribution is -2.62. The van der Waals surface area contributed by atoms with Crippen LogP contribution in [0.5, 0.6) is 0 Å². The summed E-state index contributed by atoms with van der Waals surface area (Å²) in [5.74, 6) is 0. The minimum atomic E-state index is -0.528. The molecule has 0 spiro atoms. The van der Waals surface area contributed by atoms with Gasteiger partial charge in [0.1, 0.15) is 0 Å². The van der Waals surface area contributed by atoms with E-state index >= 15 is 0 Å². The molecule has 0 heterocycles. The van der Waals surface area contributed by atoms with E-state index in [2.05, 4.69) is 41.5 Å². The van der Waals surface area contributed by atoms with E-state index in [1.807, 2.05) is 20.8 Å². The number of nitrogens with two attached hydrogens (primary N) is 2. The quantitative estimate of drug-likeness (QED) is 0.627. The molecule has 124 valence electrons. The minimum Gasteiger partial charge on any atom is -0.395 e. The number of aliphatic hydroxyl groups is 2. The van der Waals surface area contributed by atoms with Gasteiger partial charge in [-0.05, 0) is 16.2 Å². The van der Waals surface area contributed by atoms with Crippen molar-refractivity contribution in [3.8, 4) is 0 Å². The highest BCUT2D eigenvalue weighted by molar-refractivity contribution is 5.03. The summed E-state index contributed by atoms with van der Waals surface area (Å²) in [6.45, 7) is 18.5. The normalized spacial score (nSPS) is 15.4. The number of hydrogen-bond acceptors (Lipinski definition) is 4. The van der Waals surface area contributed by atoms with Gasteiger partial charge in [-0.3, -0.25) is 0 Å². The van der Waals surface area contributed by atoms with Crippen LogP contribution in [-0.2, 0) is 0 Å². The Bertz CT molecular complexity index is 256. The first-order valence-corrected chi connectivity index (χ1v) is 7.30. The molecule has 0 aromatic rings. The topological polar surface area (TPSA) is 92.5 Å². The van der Waals surface area contributed by atoms with Crippen LogP contribution in [-0.4, -0.2) is 35.0 Å². The summed E-state index contributed by atoms with van der Waals surface area (Å²) >= 11 is 0. The lowest BCUT2D eigenvalue weighted by Gasteiger charge is -2.49. The smallest absolute Gasteiger partial charge is 0.0621 e. The van der Waals surface area contributed by atoms with Crippen molar-refractivity contribution in [2.45, 2.75) is 73.9 Å². The number of aliphatic hydroxyl groups excluding tert-OH is 2. The van der Waals surface area contributed by atoms with Crippen LogP contribution in [0.15, 0.2) is 0 Å². The molecule has 1 unspecified atom stereocenters. The molecule has 0 amide bonds. The van der Waals surface area contributed by atoms with Crippen LogP contribution in [0.25, 0.3) is 0 Å². The molecule has 0 saturated heterocycles. The minimum absolute atomic E-state index is 0.0278. The summed E-state index contributed by atoms with van der Waals surface area (Å²) in [5.41, 5.74) is 11.0. The number of rotatable bonds is 2.